The average Bonchev–Trinajstić information content (AvgIpc) is 2.39. The van der Waals surface area contributed by atoms with Gasteiger partial charge in [-0.3, -0.25) is 4.79 Å². The third kappa shape index (κ3) is 1.66. The van der Waals surface area contributed by atoms with E-state index in [1.807, 2.05) is 18.2 Å². The highest BCUT2D eigenvalue weighted by Crippen LogP contribution is 2.40. The molecule has 0 radical (unpaired) electrons. The van der Waals surface area contributed by atoms with E-state index in [0.717, 1.165) is 11.3 Å². The van der Waals surface area contributed by atoms with Crippen LogP contribution in [0, 0.1) is 0 Å². The molecule has 1 aromatic rings. The van der Waals surface area contributed by atoms with E-state index < -0.39 is 5.97 Å². The Bertz CT molecular complexity index is 438. The van der Waals surface area contributed by atoms with Gasteiger partial charge in [0, 0.05) is 17.1 Å². The van der Waals surface area contributed by atoms with E-state index in [1.165, 1.54) is 5.56 Å². The van der Waals surface area contributed by atoms with Crippen LogP contribution in [0.1, 0.15) is 31.9 Å². The van der Waals surface area contributed by atoms with Gasteiger partial charge < -0.3 is 10.4 Å². The molecule has 16 heavy (non-hydrogen) atoms. The van der Waals surface area contributed by atoms with Gasteiger partial charge in [-0.1, -0.05) is 26.0 Å². The summed E-state index contributed by atoms with van der Waals surface area (Å²) in [5.41, 5.74) is 3.28. The SMILES string of the molecule is CC1Nc2ccc(CC(=O)O)cc2C1(C)C. The van der Waals surface area contributed by atoms with Crippen molar-refractivity contribution < 1.29 is 9.90 Å². The zero-order chi connectivity index (χ0) is 11.9. The van der Waals surface area contributed by atoms with Gasteiger partial charge in [0.2, 0.25) is 0 Å². The van der Waals surface area contributed by atoms with E-state index in [1.54, 1.807) is 0 Å². The van der Waals surface area contributed by atoms with E-state index in [0.29, 0.717) is 6.04 Å². The lowest BCUT2D eigenvalue weighted by molar-refractivity contribution is -0.136. The van der Waals surface area contributed by atoms with Crippen LogP contribution in [-0.2, 0) is 16.6 Å². The van der Waals surface area contributed by atoms with Gasteiger partial charge >= 0.3 is 5.97 Å². The number of nitrogens with one attached hydrogen (secondary N) is 1. The van der Waals surface area contributed by atoms with Crippen molar-refractivity contribution in [2.45, 2.75) is 38.6 Å². The van der Waals surface area contributed by atoms with Gasteiger partial charge in [0.05, 0.1) is 6.42 Å². The molecule has 0 spiro atoms. The van der Waals surface area contributed by atoms with Gasteiger partial charge in [0.15, 0.2) is 0 Å². The van der Waals surface area contributed by atoms with Crippen molar-refractivity contribution in [3.63, 3.8) is 0 Å². The lowest BCUT2D eigenvalue weighted by Crippen LogP contribution is -2.29. The Morgan fingerprint density at radius 1 is 1.50 bits per heavy atom. The van der Waals surface area contributed by atoms with E-state index in [4.69, 9.17) is 5.11 Å². The van der Waals surface area contributed by atoms with Gasteiger partial charge in [0.25, 0.3) is 0 Å². The van der Waals surface area contributed by atoms with E-state index >= 15 is 0 Å². The average molecular weight is 219 g/mol. The van der Waals surface area contributed by atoms with Gasteiger partial charge in [-0.25, -0.2) is 0 Å². The number of benzene rings is 1. The molecule has 1 aliphatic heterocycles. The summed E-state index contributed by atoms with van der Waals surface area (Å²) in [7, 11) is 0. The second-order valence-corrected chi connectivity index (χ2v) is 5.04. The first-order chi connectivity index (χ1) is 7.41. The minimum atomic E-state index is -0.781. The fourth-order valence-corrected chi connectivity index (χ4v) is 2.18. The molecule has 0 aliphatic carbocycles. The lowest BCUT2D eigenvalue weighted by Gasteiger charge is -2.24. The normalized spacial score (nSPS) is 21.3. The van der Waals surface area contributed by atoms with Crippen LogP contribution >= 0.6 is 0 Å². The molecule has 0 amide bonds. The quantitative estimate of drug-likeness (QED) is 0.803. The maximum Gasteiger partial charge on any atom is 0.307 e. The van der Waals surface area contributed by atoms with Gasteiger partial charge in [0.1, 0.15) is 0 Å². The van der Waals surface area contributed by atoms with Crippen LogP contribution in [0.5, 0.6) is 0 Å². The Labute approximate surface area is 95.5 Å². The second kappa shape index (κ2) is 3.51. The zero-order valence-electron chi connectivity index (χ0n) is 9.87. The van der Waals surface area contributed by atoms with Crippen LogP contribution in [-0.4, -0.2) is 17.1 Å². The summed E-state index contributed by atoms with van der Waals surface area (Å²) >= 11 is 0. The number of rotatable bonds is 2. The first-order valence-corrected chi connectivity index (χ1v) is 5.53. The minimum absolute atomic E-state index is 0.0594. The van der Waals surface area contributed by atoms with Crippen molar-refractivity contribution in [2.24, 2.45) is 0 Å². The van der Waals surface area contributed by atoms with E-state index in [2.05, 4.69) is 26.1 Å². The fourth-order valence-electron chi connectivity index (χ4n) is 2.18. The summed E-state index contributed by atoms with van der Waals surface area (Å²) < 4.78 is 0. The number of fused-ring (bicyclic) bond motifs is 1. The second-order valence-electron chi connectivity index (χ2n) is 5.04. The molecule has 0 saturated carbocycles. The molecule has 3 nitrogen and oxygen atoms in total. The fraction of sp³-hybridized carbons (Fsp3) is 0.462. The Morgan fingerprint density at radius 3 is 2.81 bits per heavy atom. The Balaban J connectivity index is 2.40. The molecule has 1 aliphatic rings. The number of carbonyl (C=O) groups is 1. The maximum absolute atomic E-state index is 10.7. The largest absolute Gasteiger partial charge is 0.481 e. The Morgan fingerprint density at radius 2 is 2.19 bits per heavy atom. The summed E-state index contributed by atoms with van der Waals surface area (Å²) in [5, 5.41) is 12.2. The Kier molecular flexibility index (Phi) is 2.41. The zero-order valence-corrected chi connectivity index (χ0v) is 9.87. The molecule has 2 N–H and O–H groups in total. The van der Waals surface area contributed by atoms with Crippen molar-refractivity contribution in [2.75, 3.05) is 5.32 Å². The van der Waals surface area contributed by atoms with Crippen LogP contribution in [0.3, 0.4) is 0 Å². The van der Waals surface area contributed by atoms with Crippen LogP contribution < -0.4 is 5.32 Å². The maximum atomic E-state index is 10.7. The van der Waals surface area contributed by atoms with Crippen LogP contribution in [0.2, 0.25) is 0 Å². The summed E-state index contributed by atoms with van der Waals surface area (Å²) in [6.45, 7) is 6.51. The topological polar surface area (TPSA) is 49.3 Å². The first-order valence-electron chi connectivity index (χ1n) is 5.53. The predicted molar refractivity (Wildman–Crippen MR) is 63.9 cm³/mol. The monoisotopic (exact) mass is 219 g/mol. The predicted octanol–water partition coefficient (Wildman–Crippen LogP) is 2.41. The number of aliphatic carboxylic acids is 1. The van der Waals surface area contributed by atoms with Gasteiger partial charge in [-0.15, -0.1) is 0 Å². The van der Waals surface area contributed by atoms with Crippen LogP contribution in [0.4, 0.5) is 5.69 Å². The molecular formula is C13H17NO2. The third-order valence-corrected chi connectivity index (χ3v) is 3.59. The van der Waals surface area contributed by atoms with E-state index in [9.17, 15) is 4.79 Å². The number of hydrogen-bond acceptors (Lipinski definition) is 2. The van der Waals surface area contributed by atoms with Crippen molar-refractivity contribution in [1.82, 2.24) is 0 Å². The summed E-state index contributed by atoms with van der Waals surface area (Å²) in [4.78, 5) is 10.7. The van der Waals surface area contributed by atoms with Gasteiger partial charge in [-0.05, 0) is 24.1 Å². The molecule has 1 atom stereocenters. The molecule has 2 rings (SSSR count). The smallest absolute Gasteiger partial charge is 0.307 e. The molecule has 1 unspecified atom stereocenters. The molecule has 0 saturated heterocycles. The number of carboxylic acid groups (broad SMARTS) is 1. The summed E-state index contributed by atoms with van der Waals surface area (Å²) in [6.07, 6.45) is 0.0950. The van der Waals surface area contributed by atoms with Gasteiger partial charge in [-0.2, -0.15) is 0 Å². The molecule has 3 heteroatoms. The van der Waals surface area contributed by atoms with Crippen molar-refractivity contribution in [3.8, 4) is 0 Å². The Hall–Kier alpha value is -1.51. The number of hydrogen-bond donors (Lipinski definition) is 2. The van der Waals surface area contributed by atoms with E-state index in [-0.39, 0.29) is 11.8 Å². The molecule has 86 valence electrons. The van der Waals surface area contributed by atoms with Crippen molar-refractivity contribution >= 4 is 11.7 Å². The highest BCUT2D eigenvalue weighted by molar-refractivity contribution is 5.71. The lowest BCUT2D eigenvalue weighted by atomic mass is 9.81. The molecule has 1 heterocycles. The van der Waals surface area contributed by atoms with Crippen LogP contribution in [0.25, 0.3) is 0 Å². The van der Waals surface area contributed by atoms with Crippen molar-refractivity contribution in [3.05, 3.63) is 29.3 Å². The summed E-state index contributed by atoms with van der Waals surface area (Å²) in [6, 6.07) is 6.26. The first kappa shape index (κ1) is 11.0. The highest BCUT2D eigenvalue weighted by atomic mass is 16.4. The highest BCUT2D eigenvalue weighted by Gasteiger charge is 2.36. The molecule has 1 aromatic carbocycles. The molecular weight excluding hydrogens is 202 g/mol. The summed E-state index contributed by atoms with van der Waals surface area (Å²) in [5.74, 6) is -0.781. The van der Waals surface area contributed by atoms with Crippen molar-refractivity contribution in [1.29, 1.82) is 0 Å². The molecule has 0 fully saturated rings. The third-order valence-electron chi connectivity index (χ3n) is 3.59. The standard InChI is InChI=1S/C13H17NO2/c1-8-13(2,3)10-6-9(7-12(15)16)4-5-11(10)14-8/h4-6,8,14H,7H2,1-3H3,(H,15,16). The number of anilines is 1. The molecule has 0 aromatic heterocycles. The van der Waals surface area contributed by atoms with Crippen LogP contribution in [0.15, 0.2) is 18.2 Å². The number of carboxylic acids is 1. The molecule has 0 bridgehead atoms. The minimum Gasteiger partial charge on any atom is -0.481 e.